The highest BCUT2D eigenvalue weighted by Gasteiger charge is 2.26. The first-order chi connectivity index (χ1) is 6.27. The Bertz CT molecular complexity index is 143. The molecule has 78 valence electrons. The Morgan fingerprint density at radius 1 is 1.54 bits per heavy atom. The van der Waals surface area contributed by atoms with Crippen molar-refractivity contribution in [2.75, 3.05) is 12.0 Å². The summed E-state index contributed by atoms with van der Waals surface area (Å²) in [4.78, 5) is 0. The van der Waals surface area contributed by atoms with Crippen LogP contribution in [0.15, 0.2) is 0 Å². The van der Waals surface area contributed by atoms with Gasteiger partial charge in [-0.05, 0) is 31.9 Å². The second kappa shape index (κ2) is 5.89. The van der Waals surface area contributed by atoms with Gasteiger partial charge in [0.05, 0.1) is 6.10 Å². The summed E-state index contributed by atoms with van der Waals surface area (Å²) in [5.41, 5.74) is 0. The van der Waals surface area contributed by atoms with Crippen LogP contribution in [0, 0.1) is 0 Å². The van der Waals surface area contributed by atoms with Gasteiger partial charge >= 0.3 is 0 Å². The lowest BCUT2D eigenvalue weighted by Gasteiger charge is -2.23. The van der Waals surface area contributed by atoms with Crippen LogP contribution in [-0.4, -0.2) is 35.3 Å². The SMILES string of the molecule is CCC(CSC)NC1CCCC1O. The highest BCUT2D eigenvalue weighted by molar-refractivity contribution is 7.98. The summed E-state index contributed by atoms with van der Waals surface area (Å²) in [6.45, 7) is 2.20. The highest BCUT2D eigenvalue weighted by atomic mass is 32.2. The van der Waals surface area contributed by atoms with Crippen LogP contribution in [0.4, 0.5) is 0 Å². The van der Waals surface area contributed by atoms with Crippen molar-refractivity contribution in [3.8, 4) is 0 Å². The number of aliphatic hydroxyl groups excluding tert-OH is 1. The van der Waals surface area contributed by atoms with Gasteiger partial charge in [-0.1, -0.05) is 6.92 Å². The Hall–Kier alpha value is 0.270. The predicted octanol–water partition coefficient (Wildman–Crippen LogP) is 1.63. The maximum atomic E-state index is 9.63. The van der Waals surface area contributed by atoms with Gasteiger partial charge in [0.15, 0.2) is 0 Å². The van der Waals surface area contributed by atoms with E-state index in [9.17, 15) is 5.11 Å². The topological polar surface area (TPSA) is 32.3 Å². The molecule has 0 heterocycles. The molecule has 2 nitrogen and oxygen atoms in total. The minimum Gasteiger partial charge on any atom is -0.392 e. The van der Waals surface area contributed by atoms with Crippen LogP contribution in [0.1, 0.15) is 32.6 Å². The third kappa shape index (κ3) is 3.49. The third-order valence-electron chi connectivity index (χ3n) is 2.79. The minimum atomic E-state index is -0.101. The number of nitrogens with one attached hydrogen (secondary N) is 1. The zero-order chi connectivity index (χ0) is 9.68. The van der Waals surface area contributed by atoms with Gasteiger partial charge in [0, 0.05) is 17.8 Å². The fraction of sp³-hybridized carbons (Fsp3) is 1.00. The van der Waals surface area contributed by atoms with E-state index in [0.29, 0.717) is 12.1 Å². The van der Waals surface area contributed by atoms with E-state index in [0.717, 1.165) is 25.0 Å². The highest BCUT2D eigenvalue weighted by Crippen LogP contribution is 2.20. The van der Waals surface area contributed by atoms with E-state index in [4.69, 9.17) is 0 Å². The van der Waals surface area contributed by atoms with Crippen LogP contribution in [0.25, 0.3) is 0 Å². The molecule has 0 bridgehead atoms. The second-order valence-corrected chi connectivity index (χ2v) is 4.74. The normalized spacial score (nSPS) is 30.7. The molecular weight excluding hydrogens is 182 g/mol. The Kier molecular flexibility index (Phi) is 5.14. The molecule has 0 aromatic rings. The van der Waals surface area contributed by atoms with Crippen LogP contribution in [-0.2, 0) is 0 Å². The summed E-state index contributed by atoms with van der Waals surface area (Å²) in [5, 5.41) is 13.2. The van der Waals surface area contributed by atoms with E-state index in [1.165, 1.54) is 6.42 Å². The van der Waals surface area contributed by atoms with Crippen LogP contribution >= 0.6 is 11.8 Å². The summed E-state index contributed by atoms with van der Waals surface area (Å²) in [6, 6.07) is 0.935. The van der Waals surface area contributed by atoms with Crippen molar-refractivity contribution in [2.45, 2.75) is 50.8 Å². The van der Waals surface area contributed by atoms with E-state index in [2.05, 4.69) is 18.5 Å². The number of hydrogen-bond acceptors (Lipinski definition) is 3. The van der Waals surface area contributed by atoms with Gasteiger partial charge in [-0.3, -0.25) is 0 Å². The Labute approximate surface area is 85.5 Å². The fourth-order valence-electron chi connectivity index (χ4n) is 1.92. The Balaban J connectivity index is 2.27. The molecule has 0 aliphatic heterocycles. The quantitative estimate of drug-likeness (QED) is 0.712. The first-order valence-electron chi connectivity index (χ1n) is 5.21. The van der Waals surface area contributed by atoms with Gasteiger partial charge in [-0.15, -0.1) is 0 Å². The Morgan fingerprint density at radius 3 is 2.77 bits per heavy atom. The summed E-state index contributed by atoms with van der Waals surface area (Å²) < 4.78 is 0. The van der Waals surface area contributed by atoms with Crippen LogP contribution in [0.5, 0.6) is 0 Å². The minimum absolute atomic E-state index is 0.101. The summed E-state index contributed by atoms with van der Waals surface area (Å²) >= 11 is 1.87. The third-order valence-corrected chi connectivity index (χ3v) is 3.53. The van der Waals surface area contributed by atoms with Crippen molar-refractivity contribution in [1.29, 1.82) is 0 Å². The number of hydrogen-bond donors (Lipinski definition) is 2. The molecule has 1 saturated carbocycles. The molecule has 13 heavy (non-hydrogen) atoms. The molecule has 0 amide bonds. The molecule has 1 aliphatic rings. The smallest absolute Gasteiger partial charge is 0.0693 e. The van der Waals surface area contributed by atoms with Gasteiger partial charge in [-0.25, -0.2) is 0 Å². The zero-order valence-electron chi connectivity index (χ0n) is 8.62. The first kappa shape index (κ1) is 11.3. The van der Waals surface area contributed by atoms with Gasteiger partial charge in [0.1, 0.15) is 0 Å². The van der Waals surface area contributed by atoms with Crippen molar-refractivity contribution < 1.29 is 5.11 Å². The molecule has 1 fully saturated rings. The lowest BCUT2D eigenvalue weighted by atomic mass is 10.1. The van der Waals surface area contributed by atoms with Gasteiger partial charge in [0.25, 0.3) is 0 Å². The standard InChI is InChI=1S/C10H21NOS/c1-3-8(7-13-2)11-9-5-4-6-10(9)12/h8-12H,3-7H2,1-2H3. The molecular formula is C10H21NOS. The number of thioether (sulfide) groups is 1. The van der Waals surface area contributed by atoms with Gasteiger partial charge in [-0.2, -0.15) is 11.8 Å². The average Bonchev–Trinajstić information content (AvgIpc) is 2.51. The molecule has 0 aromatic carbocycles. The van der Waals surface area contributed by atoms with Crippen molar-refractivity contribution in [1.82, 2.24) is 5.32 Å². The van der Waals surface area contributed by atoms with Crippen molar-refractivity contribution in [3.63, 3.8) is 0 Å². The summed E-state index contributed by atoms with van der Waals surface area (Å²) in [7, 11) is 0. The number of aliphatic hydroxyl groups is 1. The monoisotopic (exact) mass is 203 g/mol. The molecule has 0 aromatic heterocycles. The summed E-state index contributed by atoms with van der Waals surface area (Å²) in [6.07, 6.45) is 6.49. The van der Waals surface area contributed by atoms with E-state index in [-0.39, 0.29) is 6.10 Å². The lowest BCUT2D eigenvalue weighted by molar-refractivity contribution is 0.144. The molecule has 0 radical (unpaired) electrons. The van der Waals surface area contributed by atoms with Crippen LogP contribution < -0.4 is 5.32 Å². The molecule has 1 rings (SSSR count). The van der Waals surface area contributed by atoms with E-state index < -0.39 is 0 Å². The molecule has 1 aliphatic carbocycles. The average molecular weight is 203 g/mol. The second-order valence-electron chi connectivity index (χ2n) is 3.83. The van der Waals surface area contributed by atoms with Crippen LogP contribution in [0.3, 0.4) is 0 Å². The summed E-state index contributed by atoms with van der Waals surface area (Å²) in [5.74, 6) is 1.15. The van der Waals surface area contributed by atoms with E-state index >= 15 is 0 Å². The largest absolute Gasteiger partial charge is 0.392 e. The first-order valence-corrected chi connectivity index (χ1v) is 6.60. The predicted molar refractivity (Wildman–Crippen MR) is 59.2 cm³/mol. The van der Waals surface area contributed by atoms with E-state index in [1.54, 1.807) is 0 Å². The maximum Gasteiger partial charge on any atom is 0.0693 e. The molecule has 3 heteroatoms. The zero-order valence-corrected chi connectivity index (χ0v) is 9.44. The molecule has 3 unspecified atom stereocenters. The molecule has 2 N–H and O–H groups in total. The maximum absolute atomic E-state index is 9.63. The molecule has 0 saturated heterocycles. The van der Waals surface area contributed by atoms with Crippen molar-refractivity contribution >= 4 is 11.8 Å². The molecule has 0 spiro atoms. The van der Waals surface area contributed by atoms with Crippen molar-refractivity contribution in [2.24, 2.45) is 0 Å². The lowest BCUT2D eigenvalue weighted by Crippen LogP contribution is -2.43. The van der Waals surface area contributed by atoms with E-state index in [1.807, 2.05) is 11.8 Å². The van der Waals surface area contributed by atoms with Crippen LogP contribution in [0.2, 0.25) is 0 Å². The molecule has 3 atom stereocenters. The Morgan fingerprint density at radius 2 is 2.31 bits per heavy atom. The number of rotatable bonds is 5. The fourth-order valence-corrected chi connectivity index (χ4v) is 2.66. The van der Waals surface area contributed by atoms with Gasteiger partial charge in [0.2, 0.25) is 0 Å². The van der Waals surface area contributed by atoms with Gasteiger partial charge < -0.3 is 10.4 Å². The van der Waals surface area contributed by atoms with Crippen molar-refractivity contribution in [3.05, 3.63) is 0 Å².